The van der Waals surface area contributed by atoms with Crippen LogP contribution in [0.2, 0.25) is 0 Å². The van der Waals surface area contributed by atoms with Gasteiger partial charge in [0.15, 0.2) is 0 Å². The normalized spacial score (nSPS) is 16.7. The number of carbonyl (C=O) groups is 3. The minimum Gasteiger partial charge on any atom is -0.378 e. The summed E-state index contributed by atoms with van der Waals surface area (Å²) in [5, 5.41) is 5.97. The molecule has 3 aromatic carbocycles. The summed E-state index contributed by atoms with van der Waals surface area (Å²) in [5.41, 5.74) is 5.09. The van der Waals surface area contributed by atoms with E-state index in [4.69, 9.17) is 9.47 Å². The number of hydrogen-bond donors (Lipinski definition) is 2. The van der Waals surface area contributed by atoms with Crippen molar-refractivity contribution in [2.75, 3.05) is 70.4 Å². The van der Waals surface area contributed by atoms with Gasteiger partial charge in [-0.3, -0.25) is 19.3 Å². The van der Waals surface area contributed by atoms with E-state index < -0.39 is 11.4 Å². The molecule has 4 aromatic rings. The molecule has 3 aliphatic rings. The Morgan fingerprint density at radius 1 is 0.820 bits per heavy atom. The molecule has 11 nitrogen and oxygen atoms in total. The number of amides is 3. The van der Waals surface area contributed by atoms with E-state index in [1.807, 2.05) is 65.2 Å². The molecule has 0 atom stereocenters. The van der Waals surface area contributed by atoms with Crippen LogP contribution in [0.5, 0.6) is 0 Å². The maximum absolute atomic E-state index is 15.1. The molecule has 50 heavy (non-hydrogen) atoms. The van der Waals surface area contributed by atoms with E-state index in [0.717, 1.165) is 30.0 Å². The standard InChI is InChI=1S/C38H41FN6O5/c1-42(2)37(48)28-5-6-29(32(39)21-28)23-44-15-16-45-33(13-14-34(45)38(44)24-50-25-38)36(47)40-22-26-3-9-30(10-4-26)41-35(46)27-7-11-31(12-8-27)43-17-19-49-20-18-43/h3-14,21H,15-20,22-25H2,1-2H3,(H,40,47)(H,41,46). The molecule has 0 saturated carbocycles. The molecule has 2 fully saturated rings. The molecule has 0 unspecified atom stereocenters. The quantitative estimate of drug-likeness (QED) is 0.274. The van der Waals surface area contributed by atoms with Gasteiger partial charge in [0.1, 0.15) is 17.1 Å². The number of morpholine rings is 1. The number of fused-ring (bicyclic) bond motifs is 2. The van der Waals surface area contributed by atoms with Crippen LogP contribution in [0.15, 0.2) is 78.9 Å². The van der Waals surface area contributed by atoms with Crippen LogP contribution >= 0.6 is 0 Å². The van der Waals surface area contributed by atoms with Crippen LogP contribution in [0.3, 0.4) is 0 Å². The molecule has 1 aromatic heterocycles. The summed E-state index contributed by atoms with van der Waals surface area (Å²) < 4.78 is 28.3. The van der Waals surface area contributed by atoms with Crippen LogP contribution in [0.4, 0.5) is 15.8 Å². The Morgan fingerprint density at radius 2 is 1.54 bits per heavy atom. The first-order valence-corrected chi connectivity index (χ1v) is 16.9. The molecule has 2 saturated heterocycles. The molecule has 12 heteroatoms. The van der Waals surface area contributed by atoms with Gasteiger partial charge in [0.25, 0.3) is 17.7 Å². The van der Waals surface area contributed by atoms with Crippen LogP contribution in [0.25, 0.3) is 0 Å². The predicted molar refractivity (Wildman–Crippen MR) is 187 cm³/mol. The number of hydrogen-bond acceptors (Lipinski definition) is 7. The lowest BCUT2D eigenvalue weighted by atomic mass is 9.88. The van der Waals surface area contributed by atoms with Crippen molar-refractivity contribution in [1.82, 2.24) is 19.7 Å². The lowest BCUT2D eigenvalue weighted by molar-refractivity contribution is -0.162. The van der Waals surface area contributed by atoms with Gasteiger partial charge in [0.2, 0.25) is 0 Å². The zero-order valence-corrected chi connectivity index (χ0v) is 28.3. The van der Waals surface area contributed by atoms with E-state index in [1.165, 1.54) is 11.0 Å². The largest absolute Gasteiger partial charge is 0.378 e. The van der Waals surface area contributed by atoms with Crippen molar-refractivity contribution in [2.24, 2.45) is 0 Å². The zero-order valence-electron chi connectivity index (χ0n) is 28.3. The van der Waals surface area contributed by atoms with Gasteiger partial charge in [-0.2, -0.15) is 0 Å². The van der Waals surface area contributed by atoms with Gasteiger partial charge < -0.3 is 34.5 Å². The summed E-state index contributed by atoms with van der Waals surface area (Å²) in [7, 11) is 3.28. The van der Waals surface area contributed by atoms with Crippen LogP contribution in [0, 0.1) is 5.82 Å². The molecule has 1 spiro atoms. The van der Waals surface area contributed by atoms with Crippen LogP contribution in [0.1, 0.15) is 48.0 Å². The topological polar surface area (TPSA) is 108 Å². The number of aromatic nitrogens is 1. The third-order valence-corrected chi connectivity index (χ3v) is 9.81. The third-order valence-electron chi connectivity index (χ3n) is 9.81. The molecule has 4 heterocycles. The number of carbonyl (C=O) groups excluding carboxylic acids is 3. The van der Waals surface area contributed by atoms with Crippen LogP contribution < -0.4 is 15.5 Å². The fourth-order valence-electron chi connectivity index (χ4n) is 6.87. The molecule has 0 bridgehead atoms. The minimum atomic E-state index is -0.466. The Kier molecular flexibility index (Phi) is 9.41. The number of nitrogens with zero attached hydrogens (tertiary/aromatic N) is 4. The zero-order chi connectivity index (χ0) is 34.8. The first-order chi connectivity index (χ1) is 24.2. The second kappa shape index (κ2) is 14.1. The second-order valence-corrected chi connectivity index (χ2v) is 13.2. The fraction of sp³-hybridized carbons (Fsp3) is 0.342. The predicted octanol–water partition coefficient (Wildman–Crippen LogP) is 4.09. The molecule has 0 aliphatic carbocycles. The summed E-state index contributed by atoms with van der Waals surface area (Å²) in [6, 6.07) is 23.4. The van der Waals surface area contributed by atoms with E-state index in [9.17, 15) is 14.4 Å². The number of ether oxygens (including phenoxy) is 2. The maximum atomic E-state index is 15.1. The average Bonchev–Trinajstić information content (AvgIpc) is 3.56. The lowest BCUT2D eigenvalue weighted by Crippen LogP contribution is -2.63. The first-order valence-electron chi connectivity index (χ1n) is 16.9. The van der Waals surface area contributed by atoms with Crippen molar-refractivity contribution in [1.29, 1.82) is 0 Å². The fourth-order valence-corrected chi connectivity index (χ4v) is 6.87. The third kappa shape index (κ3) is 6.61. The van der Waals surface area contributed by atoms with Crippen molar-refractivity contribution < 1.29 is 28.2 Å². The second-order valence-electron chi connectivity index (χ2n) is 13.2. The van der Waals surface area contributed by atoms with Crippen molar-refractivity contribution in [2.45, 2.75) is 25.2 Å². The number of halogens is 1. The van der Waals surface area contributed by atoms with Gasteiger partial charge in [-0.25, -0.2) is 4.39 Å². The highest BCUT2D eigenvalue weighted by Gasteiger charge is 2.50. The van der Waals surface area contributed by atoms with Gasteiger partial charge in [-0.15, -0.1) is 0 Å². The Morgan fingerprint density at radius 3 is 2.20 bits per heavy atom. The number of benzene rings is 3. The molecular weight excluding hydrogens is 639 g/mol. The van der Waals surface area contributed by atoms with Gasteiger partial charge in [-0.1, -0.05) is 18.2 Å². The van der Waals surface area contributed by atoms with Crippen molar-refractivity contribution >= 4 is 29.1 Å². The first kappa shape index (κ1) is 33.5. The molecule has 0 radical (unpaired) electrons. The molecule has 3 amide bonds. The molecule has 7 rings (SSSR count). The summed E-state index contributed by atoms with van der Waals surface area (Å²) in [5.74, 6) is -1.04. The molecular formula is C38H41FN6O5. The highest BCUT2D eigenvalue weighted by Crippen LogP contribution is 2.41. The number of nitrogens with one attached hydrogen (secondary N) is 2. The highest BCUT2D eigenvalue weighted by atomic mass is 19.1. The van der Waals surface area contributed by atoms with E-state index in [2.05, 4.69) is 20.4 Å². The van der Waals surface area contributed by atoms with Gasteiger partial charge in [0.05, 0.1) is 26.4 Å². The lowest BCUT2D eigenvalue weighted by Gasteiger charge is -2.52. The van der Waals surface area contributed by atoms with Crippen LogP contribution in [-0.4, -0.2) is 92.2 Å². The average molecular weight is 681 g/mol. The minimum absolute atomic E-state index is 0.190. The molecule has 260 valence electrons. The Labute approximate surface area is 290 Å². The number of rotatable bonds is 9. The van der Waals surface area contributed by atoms with Crippen molar-refractivity contribution in [3.8, 4) is 0 Å². The number of anilines is 2. The SMILES string of the molecule is CN(C)C(=O)c1ccc(CN2CCn3c(C(=O)NCc4ccc(NC(=O)c5ccc(N6CCOCC6)cc5)cc4)ccc3C23COC3)c(F)c1. The molecule has 2 N–H and O–H groups in total. The summed E-state index contributed by atoms with van der Waals surface area (Å²) in [6.45, 7) is 5.82. The Hall–Kier alpha value is -5.04. The van der Waals surface area contributed by atoms with E-state index in [-0.39, 0.29) is 17.7 Å². The highest BCUT2D eigenvalue weighted by molar-refractivity contribution is 6.04. The van der Waals surface area contributed by atoms with Crippen molar-refractivity contribution in [3.63, 3.8) is 0 Å². The van der Waals surface area contributed by atoms with Gasteiger partial charge in [-0.05, 0) is 66.2 Å². The van der Waals surface area contributed by atoms with E-state index in [1.54, 1.807) is 26.2 Å². The van der Waals surface area contributed by atoms with E-state index in [0.29, 0.717) is 80.7 Å². The summed E-state index contributed by atoms with van der Waals surface area (Å²) in [4.78, 5) is 44.4. The molecule has 3 aliphatic heterocycles. The monoisotopic (exact) mass is 680 g/mol. The van der Waals surface area contributed by atoms with Crippen molar-refractivity contribution in [3.05, 3.63) is 118 Å². The summed E-state index contributed by atoms with van der Waals surface area (Å²) in [6.07, 6.45) is 0. The van der Waals surface area contributed by atoms with Gasteiger partial charge in [0, 0.05) is 87.1 Å². The Bertz CT molecular complexity index is 1880. The summed E-state index contributed by atoms with van der Waals surface area (Å²) >= 11 is 0. The Balaban J connectivity index is 0.952. The van der Waals surface area contributed by atoms with E-state index >= 15 is 4.39 Å². The smallest absolute Gasteiger partial charge is 0.268 e. The van der Waals surface area contributed by atoms with Crippen LogP contribution in [-0.2, 0) is 34.6 Å². The van der Waals surface area contributed by atoms with Gasteiger partial charge >= 0.3 is 0 Å². The maximum Gasteiger partial charge on any atom is 0.268 e.